The van der Waals surface area contributed by atoms with Gasteiger partial charge in [-0.05, 0) is 43.4 Å². The van der Waals surface area contributed by atoms with Gasteiger partial charge in [-0.2, -0.15) is 0 Å². The van der Waals surface area contributed by atoms with Gasteiger partial charge in [-0.25, -0.2) is 13.6 Å². The van der Waals surface area contributed by atoms with Crippen LogP contribution in [0.3, 0.4) is 0 Å². The number of primary sulfonamides is 1. The number of sulfonamides is 1. The van der Waals surface area contributed by atoms with Gasteiger partial charge in [0, 0.05) is 12.2 Å². The molecule has 1 aliphatic rings. The first-order valence-corrected chi connectivity index (χ1v) is 8.89. The van der Waals surface area contributed by atoms with Gasteiger partial charge in [0.1, 0.15) is 0 Å². The number of hydrogen-bond acceptors (Lipinski definition) is 3. The maximum Gasteiger partial charge on any atom is 0.238 e. The van der Waals surface area contributed by atoms with E-state index in [1.165, 1.54) is 38.5 Å². The zero-order chi connectivity index (χ0) is 14.6. The monoisotopic (exact) mass is 296 g/mol. The molecule has 0 heterocycles. The summed E-state index contributed by atoms with van der Waals surface area (Å²) in [6.45, 7) is 2.89. The highest BCUT2D eigenvalue weighted by molar-refractivity contribution is 7.89. The lowest BCUT2D eigenvalue weighted by molar-refractivity contribution is 0.483. The topological polar surface area (TPSA) is 72.2 Å². The summed E-state index contributed by atoms with van der Waals surface area (Å²) in [5.41, 5.74) is 1.92. The first-order chi connectivity index (χ1) is 9.47. The predicted octanol–water partition coefficient (Wildman–Crippen LogP) is 3.02. The average Bonchev–Trinajstić information content (AvgIpc) is 2.65. The number of benzene rings is 1. The molecule has 0 spiro atoms. The third-order valence-corrected chi connectivity index (χ3v) is 5.00. The Bertz CT molecular complexity index is 547. The Hall–Kier alpha value is -1.07. The highest BCUT2D eigenvalue weighted by atomic mass is 32.2. The van der Waals surface area contributed by atoms with E-state index in [4.69, 9.17) is 5.14 Å². The fourth-order valence-corrected chi connectivity index (χ4v) is 3.33. The van der Waals surface area contributed by atoms with Crippen molar-refractivity contribution >= 4 is 15.7 Å². The Labute approximate surface area is 121 Å². The molecule has 0 saturated heterocycles. The summed E-state index contributed by atoms with van der Waals surface area (Å²) in [6, 6.07) is 5.00. The second-order valence-corrected chi connectivity index (χ2v) is 7.32. The molecule has 1 aromatic carbocycles. The van der Waals surface area contributed by atoms with Gasteiger partial charge < -0.3 is 5.32 Å². The molecule has 0 atom stereocenters. The molecule has 0 radical (unpaired) electrons. The lowest BCUT2D eigenvalue weighted by Gasteiger charge is -2.17. The van der Waals surface area contributed by atoms with Crippen molar-refractivity contribution < 1.29 is 8.42 Å². The van der Waals surface area contributed by atoms with Crippen molar-refractivity contribution in [2.75, 3.05) is 11.9 Å². The normalized spacial score (nSPS) is 17.7. The number of anilines is 1. The van der Waals surface area contributed by atoms with Crippen LogP contribution in [-0.2, 0) is 10.0 Å². The molecule has 5 heteroatoms. The number of aryl methyl sites for hydroxylation is 1. The first-order valence-electron chi connectivity index (χ1n) is 7.34. The molecule has 0 aliphatic heterocycles. The molecule has 0 bridgehead atoms. The largest absolute Gasteiger partial charge is 0.385 e. The molecule has 3 N–H and O–H groups in total. The van der Waals surface area contributed by atoms with E-state index in [0.717, 1.165) is 17.8 Å². The highest BCUT2D eigenvalue weighted by Gasteiger charge is 2.14. The SMILES string of the molecule is Cc1ccc(S(N)(=O)=O)cc1NCC1CCCCCC1. The van der Waals surface area contributed by atoms with E-state index in [1.807, 2.05) is 6.92 Å². The summed E-state index contributed by atoms with van der Waals surface area (Å²) in [6.07, 6.45) is 7.83. The minimum Gasteiger partial charge on any atom is -0.385 e. The quantitative estimate of drug-likeness (QED) is 0.839. The Morgan fingerprint density at radius 3 is 2.45 bits per heavy atom. The van der Waals surface area contributed by atoms with Crippen LogP contribution in [0.25, 0.3) is 0 Å². The molecule has 20 heavy (non-hydrogen) atoms. The minimum absolute atomic E-state index is 0.173. The molecule has 4 nitrogen and oxygen atoms in total. The lowest BCUT2D eigenvalue weighted by atomic mass is 10.0. The van der Waals surface area contributed by atoms with Gasteiger partial charge in [0.15, 0.2) is 0 Å². The second-order valence-electron chi connectivity index (χ2n) is 5.76. The van der Waals surface area contributed by atoms with E-state index in [1.54, 1.807) is 18.2 Å². The molecule has 1 saturated carbocycles. The maximum absolute atomic E-state index is 11.4. The van der Waals surface area contributed by atoms with Gasteiger partial charge in [0.05, 0.1) is 4.90 Å². The summed E-state index contributed by atoms with van der Waals surface area (Å²) in [7, 11) is -3.63. The lowest BCUT2D eigenvalue weighted by Crippen LogP contribution is -2.16. The number of rotatable bonds is 4. The van der Waals surface area contributed by atoms with Crippen molar-refractivity contribution in [1.29, 1.82) is 0 Å². The molecule has 2 rings (SSSR count). The summed E-state index contributed by atoms with van der Waals surface area (Å²) in [4.78, 5) is 0.173. The summed E-state index contributed by atoms with van der Waals surface area (Å²) in [5.74, 6) is 0.690. The van der Waals surface area contributed by atoms with Crippen LogP contribution in [-0.4, -0.2) is 15.0 Å². The standard InChI is InChI=1S/C15H24N2O2S/c1-12-8-9-14(20(16,18)19)10-15(12)17-11-13-6-4-2-3-5-7-13/h8-10,13,17H,2-7,11H2,1H3,(H2,16,18,19). The predicted molar refractivity (Wildman–Crippen MR) is 82.2 cm³/mol. The van der Waals surface area contributed by atoms with Gasteiger partial charge in [-0.15, -0.1) is 0 Å². The molecule has 0 aromatic heterocycles. The van der Waals surface area contributed by atoms with Crippen LogP contribution < -0.4 is 10.5 Å². The molecule has 1 aromatic rings. The number of hydrogen-bond donors (Lipinski definition) is 2. The summed E-state index contributed by atoms with van der Waals surface area (Å²) >= 11 is 0. The van der Waals surface area contributed by atoms with Gasteiger partial charge in [-0.1, -0.05) is 31.7 Å². The third kappa shape index (κ3) is 4.21. The summed E-state index contributed by atoms with van der Waals surface area (Å²) in [5, 5.41) is 8.58. The van der Waals surface area contributed by atoms with E-state index in [0.29, 0.717) is 5.92 Å². The van der Waals surface area contributed by atoms with Crippen molar-refractivity contribution in [2.45, 2.75) is 50.3 Å². The van der Waals surface area contributed by atoms with Crippen molar-refractivity contribution in [2.24, 2.45) is 11.1 Å². The molecule has 0 amide bonds. The van der Waals surface area contributed by atoms with E-state index in [-0.39, 0.29) is 4.90 Å². The Morgan fingerprint density at radius 2 is 1.85 bits per heavy atom. The Morgan fingerprint density at radius 1 is 1.20 bits per heavy atom. The van der Waals surface area contributed by atoms with Crippen molar-refractivity contribution in [1.82, 2.24) is 0 Å². The van der Waals surface area contributed by atoms with E-state index >= 15 is 0 Å². The maximum atomic E-state index is 11.4. The molecular formula is C15H24N2O2S. The van der Waals surface area contributed by atoms with E-state index in [2.05, 4.69) is 5.32 Å². The zero-order valence-electron chi connectivity index (χ0n) is 12.1. The Balaban J connectivity index is 2.04. The fourth-order valence-electron chi connectivity index (χ4n) is 2.79. The minimum atomic E-state index is -3.63. The van der Waals surface area contributed by atoms with Crippen LogP contribution in [0.5, 0.6) is 0 Å². The van der Waals surface area contributed by atoms with Gasteiger partial charge >= 0.3 is 0 Å². The van der Waals surface area contributed by atoms with Gasteiger partial charge in [0.25, 0.3) is 0 Å². The van der Waals surface area contributed by atoms with Gasteiger partial charge in [0.2, 0.25) is 10.0 Å². The van der Waals surface area contributed by atoms with E-state index in [9.17, 15) is 8.42 Å². The molecule has 112 valence electrons. The van der Waals surface area contributed by atoms with Crippen LogP contribution in [0, 0.1) is 12.8 Å². The third-order valence-electron chi connectivity index (χ3n) is 4.09. The van der Waals surface area contributed by atoms with Crippen LogP contribution in [0.4, 0.5) is 5.69 Å². The highest BCUT2D eigenvalue weighted by Crippen LogP contribution is 2.25. The van der Waals surface area contributed by atoms with Crippen molar-refractivity contribution in [3.8, 4) is 0 Å². The van der Waals surface area contributed by atoms with Gasteiger partial charge in [-0.3, -0.25) is 0 Å². The van der Waals surface area contributed by atoms with Crippen molar-refractivity contribution in [3.63, 3.8) is 0 Å². The first kappa shape index (κ1) is 15.3. The van der Waals surface area contributed by atoms with Crippen LogP contribution >= 0.6 is 0 Å². The Kier molecular flexibility index (Phi) is 5.05. The molecule has 1 aliphatic carbocycles. The average molecular weight is 296 g/mol. The fraction of sp³-hybridized carbons (Fsp3) is 0.600. The van der Waals surface area contributed by atoms with Crippen LogP contribution in [0.2, 0.25) is 0 Å². The number of nitrogens with one attached hydrogen (secondary N) is 1. The van der Waals surface area contributed by atoms with Crippen LogP contribution in [0.15, 0.2) is 23.1 Å². The molecule has 1 fully saturated rings. The second kappa shape index (κ2) is 6.59. The zero-order valence-corrected chi connectivity index (χ0v) is 12.9. The number of nitrogens with two attached hydrogens (primary N) is 1. The molecule has 0 unspecified atom stereocenters. The summed E-state index contributed by atoms with van der Waals surface area (Å²) < 4.78 is 22.8. The van der Waals surface area contributed by atoms with E-state index < -0.39 is 10.0 Å². The van der Waals surface area contributed by atoms with Crippen molar-refractivity contribution in [3.05, 3.63) is 23.8 Å². The molecular weight excluding hydrogens is 272 g/mol. The smallest absolute Gasteiger partial charge is 0.238 e. The van der Waals surface area contributed by atoms with Crippen LogP contribution in [0.1, 0.15) is 44.1 Å².